The van der Waals surface area contributed by atoms with Crippen LogP contribution in [0.3, 0.4) is 0 Å². The van der Waals surface area contributed by atoms with Crippen molar-refractivity contribution in [3.63, 3.8) is 0 Å². The summed E-state index contributed by atoms with van der Waals surface area (Å²) >= 11 is 0. The smallest absolute Gasteiger partial charge is 0.211 e. The van der Waals surface area contributed by atoms with E-state index in [1.165, 1.54) is 6.26 Å². The van der Waals surface area contributed by atoms with Gasteiger partial charge in [0.15, 0.2) is 11.7 Å². The Hall–Kier alpha value is -1.61. The van der Waals surface area contributed by atoms with Gasteiger partial charge in [-0.25, -0.2) is 12.7 Å². The summed E-state index contributed by atoms with van der Waals surface area (Å²) in [6.07, 6.45) is 5.10. The van der Waals surface area contributed by atoms with Crippen molar-refractivity contribution in [2.24, 2.45) is 10.9 Å². The van der Waals surface area contributed by atoms with E-state index in [1.807, 2.05) is 6.07 Å². The number of guanidine groups is 1. The average molecular weight is 400 g/mol. The molecule has 8 nitrogen and oxygen atoms in total. The fraction of sp³-hybridized carbons (Fsp3) is 0.778. The molecule has 0 spiro atoms. The van der Waals surface area contributed by atoms with Gasteiger partial charge in [0.2, 0.25) is 10.0 Å². The summed E-state index contributed by atoms with van der Waals surface area (Å²) in [5.41, 5.74) is 1.01. The van der Waals surface area contributed by atoms with Crippen LogP contribution in [0.15, 0.2) is 15.6 Å². The second kappa shape index (κ2) is 10.1. The molecule has 27 heavy (non-hydrogen) atoms. The number of aromatic nitrogens is 1. The maximum Gasteiger partial charge on any atom is 0.211 e. The highest BCUT2D eigenvalue weighted by atomic mass is 32.2. The van der Waals surface area contributed by atoms with Crippen molar-refractivity contribution in [1.82, 2.24) is 20.1 Å². The van der Waals surface area contributed by atoms with Crippen LogP contribution >= 0.6 is 0 Å². The third-order valence-electron chi connectivity index (χ3n) is 5.24. The van der Waals surface area contributed by atoms with E-state index in [2.05, 4.69) is 34.6 Å². The summed E-state index contributed by atoms with van der Waals surface area (Å²) in [5.74, 6) is 2.38. The fourth-order valence-electron chi connectivity index (χ4n) is 3.39. The molecule has 0 atom stereocenters. The zero-order valence-corrected chi connectivity index (χ0v) is 17.7. The van der Waals surface area contributed by atoms with Crippen molar-refractivity contribution in [3.05, 3.63) is 17.5 Å². The molecule has 2 heterocycles. The normalized spacial score (nSPS) is 17.4. The summed E-state index contributed by atoms with van der Waals surface area (Å²) in [6, 6.07) is 2.01. The van der Waals surface area contributed by atoms with Crippen LogP contribution in [-0.4, -0.2) is 56.8 Å². The molecule has 1 aromatic heterocycles. The first-order valence-corrected chi connectivity index (χ1v) is 11.6. The van der Waals surface area contributed by atoms with E-state index in [1.54, 1.807) is 11.4 Å². The Kier molecular flexibility index (Phi) is 8.09. The second-order valence-corrected chi connectivity index (χ2v) is 9.13. The number of piperidine rings is 1. The molecule has 0 amide bonds. The number of sulfonamides is 1. The molecule has 154 valence electrons. The van der Waals surface area contributed by atoms with Gasteiger partial charge in [-0.05, 0) is 31.6 Å². The van der Waals surface area contributed by atoms with Crippen LogP contribution in [0, 0.1) is 5.92 Å². The molecule has 0 radical (unpaired) electrons. The molecule has 0 unspecified atom stereocenters. The minimum Gasteiger partial charge on any atom is -0.359 e. The van der Waals surface area contributed by atoms with Crippen LogP contribution in [0.25, 0.3) is 0 Å². The third kappa shape index (κ3) is 6.49. The maximum absolute atomic E-state index is 11.6. The summed E-state index contributed by atoms with van der Waals surface area (Å²) in [5, 5.41) is 10.7. The summed E-state index contributed by atoms with van der Waals surface area (Å²) in [7, 11) is -1.34. The van der Waals surface area contributed by atoms with Gasteiger partial charge in [-0.3, -0.25) is 4.99 Å². The van der Waals surface area contributed by atoms with E-state index in [0.29, 0.717) is 37.4 Å². The van der Waals surface area contributed by atoms with Crippen LogP contribution < -0.4 is 10.6 Å². The van der Waals surface area contributed by atoms with Crippen LogP contribution in [0.2, 0.25) is 0 Å². The van der Waals surface area contributed by atoms with Gasteiger partial charge in [-0.15, -0.1) is 0 Å². The Morgan fingerprint density at radius 3 is 2.56 bits per heavy atom. The molecular formula is C18H33N5O3S. The van der Waals surface area contributed by atoms with Crippen LogP contribution in [0.1, 0.15) is 56.9 Å². The lowest BCUT2D eigenvalue weighted by atomic mass is 9.98. The second-order valence-electron chi connectivity index (χ2n) is 7.14. The number of aliphatic imine (C=N–C) groups is 1. The quantitative estimate of drug-likeness (QED) is 0.512. The Bertz CT molecular complexity index is 704. The summed E-state index contributed by atoms with van der Waals surface area (Å²) in [6.45, 7) is 6.80. The first-order chi connectivity index (χ1) is 12.9. The Labute approximate surface area is 162 Å². The van der Waals surface area contributed by atoms with Crippen LogP contribution in [0.4, 0.5) is 0 Å². The molecule has 1 saturated heterocycles. The van der Waals surface area contributed by atoms with E-state index in [4.69, 9.17) is 4.52 Å². The van der Waals surface area contributed by atoms with Crippen molar-refractivity contribution < 1.29 is 12.9 Å². The topological polar surface area (TPSA) is 99.8 Å². The van der Waals surface area contributed by atoms with Gasteiger partial charge >= 0.3 is 0 Å². The molecule has 9 heteroatoms. The number of hydrogen-bond donors (Lipinski definition) is 2. The highest BCUT2D eigenvalue weighted by Crippen LogP contribution is 2.22. The predicted octanol–water partition coefficient (Wildman–Crippen LogP) is 1.91. The highest BCUT2D eigenvalue weighted by Gasteiger charge is 2.24. The van der Waals surface area contributed by atoms with Gasteiger partial charge in [-0.2, -0.15) is 0 Å². The minimum absolute atomic E-state index is 0.438. The van der Waals surface area contributed by atoms with Crippen LogP contribution in [-0.2, 0) is 16.6 Å². The van der Waals surface area contributed by atoms with E-state index < -0.39 is 10.0 Å². The Morgan fingerprint density at radius 1 is 1.33 bits per heavy atom. The van der Waals surface area contributed by atoms with Gasteiger partial charge < -0.3 is 15.2 Å². The number of nitrogens with zero attached hydrogens (tertiary/aromatic N) is 3. The minimum atomic E-state index is -3.07. The molecule has 1 aliphatic rings. The van der Waals surface area contributed by atoms with E-state index in [9.17, 15) is 8.42 Å². The van der Waals surface area contributed by atoms with Crippen LogP contribution in [0.5, 0.6) is 0 Å². The molecule has 1 fully saturated rings. The van der Waals surface area contributed by atoms with Crippen molar-refractivity contribution in [1.29, 1.82) is 0 Å². The standard InChI is InChI=1S/C18H33N5O3S/c1-5-15(6-2)17-11-16(26-22-17)13-21-18(19-3)20-12-14-7-9-23(10-8-14)27(4,24)25/h11,14-15H,5-10,12-13H2,1-4H3,(H2,19,20,21). The highest BCUT2D eigenvalue weighted by molar-refractivity contribution is 7.88. The fourth-order valence-corrected chi connectivity index (χ4v) is 4.26. The molecule has 1 aliphatic heterocycles. The lowest BCUT2D eigenvalue weighted by Gasteiger charge is -2.30. The molecule has 0 aromatic carbocycles. The lowest BCUT2D eigenvalue weighted by molar-refractivity contribution is 0.274. The van der Waals surface area contributed by atoms with E-state index in [-0.39, 0.29) is 0 Å². The van der Waals surface area contributed by atoms with Gasteiger partial charge in [0.05, 0.1) is 18.5 Å². The van der Waals surface area contributed by atoms with E-state index in [0.717, 1.165) is 43.7 Å². The Morgan fingerprint density at radius 2 is 2.00 bits per heavy atom. The molecule has 0 bridgehead atoms. The van der Waals surface area contributed by atoms with Gasteiger partial charge in [0, 0.05) is 38.7 Å². The van der Waals surface area contributed by atoms with Gasteiger partial charge in [-0.1, -0.05) is 19.0 Å². The molecule has 0 saturated carbocycles. The summed E-state index contributed by atoms with van der Waals surface area (Å²) in [4.78, 5) is 4.24. The molecule has 2 N–H and O–H groups in total. The zero-order valence-electron chi connectivity index (χ0n) is 16.9. The van der Waals surface area contributed by atoms with Crippen molar-refractivity contribution >= 4 is 16.0 Å². The third-order valence-corrected chi connectivity index (χ3v) is 6.54. The first-order valence-electron chi connectivity index (χ1n) is 9.72. The lowest BCUT2D eigenvalue weighted by Crippen LogP contribution is -2.43. The number of nitrogens with one attached hydrogen (secondary N) is 2. The number of hydrogen-bond acceptors (Lipinski definition) is 5. The Balaban J connectivity index is 1.75. The van der Waals surface area contributed by atoms with Gasteiger partial charge in [0.1, 0.15) is 0 Å². The van der Waals surface area contributed by atoms with Crippen molar-refractivity contribution in [2.45, 2.75) is 52.0 Å². The first kappa shape index (κ1) is 21.7. The molecule has 0 aliphatic carbocycles. The zero-order chi connectivity index (χ0) is 19.9. The largest absolute Gasteiger partial charge is 0.359 e. The van der Waals surface area contributed by atoms with Crippen molar-refractivity contribution in [3.8, 4) is 0 Å². The SMILES string of the molecule is CCC(CC)c1cc(CNC(=NC)NCC2CCN(S(C)(=O)=O)CC2)on1. The summed E-state index contributed by atoms with van der Waals surface area (Å²) < 4.78 is 30.1. The van der Waals surface area contributed by atoms with Gasteiger partial charge in [0.25, 0.3) is 0 Å². The predicted molar refractivity (Wildman–Crippen MR) is 107 cm³/mol. The molecule has 1 aromatic rings. The van der Waals surface area contributed by atoms with E-state index >= 15 is 0 Å². The average Bonchev–Trinajstić information content (AvgIpc) is 3.11. The molecular weight excluding hydrogens is 366 g/mol. The monoisotopic (exact) mass is 399 g/mol. The number of rotatable bonds is 8. The maximum atomic E-state index is 11.6. The van der Waals surface area contributed by atoms with Crippen molar-refractivity contribution in [2.75, 3.05) is 32.9 Å². The molecule has 2 rings (SSSR count).